The van der Waals surface area contributed by atoms with Crippen LogP contribution in [0.3, 0.4) is 0 Å². The molecule has 0 bridgehead atoms. The Kier molecular flexibility index (Phi) is 9.76. The first kappa shape index (κ1) is 30.0. The highest BCUT2D eigenvalue weighted by atomic mass is 35.5. The third-order valence-corrected chi connectivity index (χ3v) is 8.91. The first-order chi connectivity index (χ1) is 20.3. The van der Waals surface area contributed by atoms with Gasteiger partial charge in [-0.2, -0.15) is 0 Å². The molecule has 4 unspecified atom stereocenters. The summed E-state index contributed by atoms with van der Waals surface area (Å²) in [7, 11) is 0. The lowest BCUT2D eigenvalue weighted by atomic mass is 9.79. The van der Waals surface area contributed by atoms with E-state index in [0.717, 1.165) is 51.0 Å². The first-order valence-corrected chi connectivity index (χ1v) is 15.1. The summed E-state index contributed by atoms with van der Waals surface area (Å²) in [5.74, 6) is -0.666. The van der Waals surface area contributed by atoms with Gasteiger partial charge in [-0.1, -0.05) is 41.9 Å². The zero-order valence-electron chi connectivity index (χ0n) is 23.9. The minimum Gasteiger partial charge on any atom is -0.347 e. The second-order valence-corrected chi connectivity index (χ2v) is 11.8. The number of carbonyl (C=O) groups is 4. The molecule has 0 radical (unpaired) electrons. The monoisotopic (exact) mass is 594 g/mol. The third kappa shape index (κ3) is 7.48. The zero-order chi connectivity index (χ0) is 29.6. The van der Waals surface area contributed by atoms with E-state index < -0.39 is 6.04 Å². The number of amides is 4. The van der Waals surface area contributed by atoms with E-state index >= 15 is 0 Å². The zero-order valence-corrected chi connectivity index (χ0v) is 24.7. The molecule has 2 saturated heterocycles. The van der Waals surface area contributed by atoms with Crippen molar-refractivity contribution in [1.82, 2.24) is 25.3 Å². The molecule has 5 rings (SSSR count). The van der Waals surface area contributed by atoms with E-state index in [-0.39, 0.29) is 54.6 Å². The first-order valence-electron chi connectivity index (χ1n) is 14.7. The normalized spacial score (nSPS) is 23.6. The molecule has 4 atom stereocenters. The van der Waals surface area contributed by atoms with Crippen LogP contribution in [0.1, 0.15) is 44.2 Å². The lowest BCUT2D eigenvalue weighted by Crippen LogP contribution is -2.62. The van der Waals surface area contributed by atoms with Crippen LogP contribution in [0.25, 0.3) is 0 Å². The molecular formula is C31H39ClN6O4. The van der Waals surface area contributed by atoms with Crippen LogP contribution in [0.5, 0.6) is 0 Å². The van der Waals surface area contributed by atoms with Gasteiger partial charge in [0.1, 0.15) is 6.54 Å². The van der Waals surface area contributed by atoms with Crippen molar-refractivity contribution < 1.29 is 19.2 Å². The van der Waals surface area contributed by atoms with Crippen molar-refractivity contribution in [3.63, 3.8) is 0 Å². The van der Waals surface area contributed by atoms with Gasteiger partial charge in [-0.25, -0.2) is 0 Å². The summed E-state index contributed by atoms with van der Waals surface area (Å²) in [6.45, 7) is 4.90. The highest BCUT2D eigenvalue weighted by Gasteiger charge is 2.42. The number of benzene rings is 2. The second kappa shape index (κ2) is 13.7. The van der Waals surface area contributed by atoms with Gasteiger partial charge >= 0.3 is 0 Å². The van der Waals surface area contributed by atoms with E-state index in [9.17, 15) is 19.2 Å². The Morgan fingerprint density at radius 2 is 1.69 bits per heavy atom. The molecule has 1 saturated carbocycles. The highest BCUT2D eigenvalue weighted by molar-refractivity contribution is 6.30. The van der Waals surface area contributed by atoms with Gasteiger partial charge in [0, 0.05) is 55.9 Å². The molecule has 224 valence electrons. The van der Waals surface area contributed by atoms with Crippen molar-refractivity contribution in [2.45, 2.75) is 50.7 Å². The van der Waals surface area contributed by atoms with Crippen LogP contribution in [0.4, 0.5) is 5.69 Å². The van der Waals surface area contributed by atoms with Gasteiger partial charge in [0.15, 0.2) is 0 Å². The van der Waals surface area contributed by atoms with Crippen molar-refractivity contribution in [3.8, 4) is 0 Å². The Balaban J connectivity index is 1.19. The van der Waals surface area contributed by atoms with Crippen molar-refractivity contribution in [1.29, 1.82) is 0 Å². The summed E-state index contributed by atoms with van der Waals surface area (Å²) in [5, 5.41) is 9.89. The Morgan fingerprint density at radius 3 is 2.38 bits per heavy atom. The number of nitrogens with one attached hydrogen (secondary N) is 3. The van der Waals surface area contributed by atoms with E-state index in [1.807, 2.05) is 23.1 Å². The number of para-hydroxylation sites is 1. The molecule has 2 heterocycles. The van der Waals surface area contributed by atoms with Crippen molar-refractivity contribution in [2.75, 3.05) is 44.7 Å². The van der Waals surface area contributed by atoms with Crippen LogP contribution in [0.15, 0.2) is 54.6 Å². The lowest BCUT2D eigenvalue weighted by molar-refractivity contribution is -0.146. The molecule has 10 nitrogen and oxygen atoms in total. The number of anilines is 1. The number of carbonyl (C=O) groups excluding carboxylic acids is 4. The van der Waals surface area contributed by atoms with E-state index in [0.29, 0.717) is 17.4 Å². The number of hydrogen-bond donors (Lipinski definition) is 3. The predicted molar refractivity (Wildman–Crippen MR) is 160 cm³/mol. The van der Waals surface area contributed by atoms with Crippen LogP contribution in [0, 0.1) is 5.92 Å². The maximum Gasteiger partial charge on any atom is 0.240 e. The van der Waals surface area contributed by atoms with E-state index in [4.69, 9.17) is 11.6 Å². The molecule has 3 aliphatic rings. The van der Waals surface area contributed by atoms with Crippen molar-refractivity contribution >= 4 is 40.9 Å². The Labute approximate surface area is 251 Å². The quantitative estimate of drug-likeness (QED) is 0.433. The fraction of sp³-hybridized carbons (Fsp3) is 0.484. The molecule has 2 aliphatic heterocycles. The third-order valence-electron chi connectivity index (χ3n) is 8.66. The minimum absolute atomic E-state index is 0.00849. The SMILES string of the molecule is CC(=O)N1CCN(C2CCC3NCN(CC(=O)NC(CC(=O)Nc4ccccc4)c4ccc(Cl)cc4)C(=O)C3C2)CC1. The summed E-state index contributed by atoms with van der Waals surface area (Å²) in [5.41, 5.74) is 1.42. The number of fused-ring (bicyclic) bond motifs is 1. The minimum atomic E-state index is -0.591. The average Bonchev–Trinajstić information content (AvgIpc) is 2.99. The number of hydrogen-bond acceptors (Lipinski definition) is 6. The summed E-state index contributed by atoms with van der Waals surface area (Å²) in [4.78, 5) is 57.3. The van der Waals surface area contributed by atoms with Gasteiger partial charge in [0.05, 0.1) is 25.0 Å². The number of piperazine rings is 1. The number of nitrogens with zero attached hydrogens (tertiary/aromatic N) is 3. The van der Waals surface area contributed by atoms with Crippen molar-refractivity contribution in [3.05, 3.63) is 65.2 Å². The molecule has 4 amide bonds. The molecule has 3 N–H and O–H groups in total. The number of rotatable bonds is 8. The maximum atomic E-state index is 13.6. The Hall–Kier alpha value is -3.47. The smallest absolute Gasteiger partial charge is 0.240 e. The Bertz CT molecular complexity index is 1270. The van der Waals surface area contributed by atoms with E-state index in [1.54, 1.807) is 48.2 Å². The van der Waals surface area contributed by atoms with E-state index in [1.165, 1.54) is 0 Å². The highest BCUT2D eigenvalue weighted by Crippen LogP contribution is 2.32. The fourth-order valence-corrected chi connectivity index (χ4v) is 6.48. The summed E-state index contributed by atoms with van der Waals surface area (Å²) < 4.78 is 0. The predicted octanol–water partition coefficient (Wildman–Crippen LogP) is 2.62. The van der Waals surface area contributed by atoms with E-state index in [2.05, 4.69) is 20.9 Å². The van der Waals surface area contributed by atoms with Gasteiger partial charge in [-0.05, 0) is 49.1 Å². The molecule has 2 aromatic rings. The fourth-order valence-electron chi connectivity index (χ4n) is 6.35. The molecule has 2 aromatic carbocycles. The van der Waals surface area contributed by atoms with Crippen LogP contribution in [-0.2, 0) is 19.2 Å². The topological polar surface area (TPSA) is 114 Å². The molecule has 0 aromatic heterocycles. The van der Waals surface area contributed by atoms with Crippen LogP contribution in [0.2, 0.25) is 5.02 Å². The molecule has 1 aliphatic carbocycles. The van der Waals surface area contributed by atoms with Gasteiger partial charge < -0.3 is 20.4 Å². The van der Waals surface area contributed by atoms with Gasteiger partial charge in [0.25, 0.3) is 0 Å². The summed E-state index contributed by atoms with van der Waals surface area (Å²) >= 11 is 6.08. The average molecular weight is 595 g/mol. The van der Waals surface area contributed by atoms with Crippen LogP contribution >= 0.6 is 11.6 Å². The molecule has 0 spiro atoms. The second-order valence-electron chi connectivity index (χ2n) is 11.4. The van der Waals surface area contributed by atoms with Crippen LogP contribution in [-0.4, -0.2) is 89.8 Å². The van der Waals surface area contributed by atoms with Gasteiger partial charge in [0.2, 0.25) is 23.6 Å². The molecule has 3 fully saturated rings. The molecule has 11 heteroatoms. The number of halogens is 1. The molecular weight excluding hydrogens is 556 g/mol. The largest absolute Gasteiger partial charge is 0.347 e. The summed E-state index contributed by atoms with van der Waals surface area (Å²) in [6.07, 6.45) is 2.68. The maximum absolute atomic E-state index is 13.6. The molecule has 42 heavy (non-hydrogen) atoms. The summed E-state index contributed by atoms with van der Waals surface area (Å²) in [6, 6.07) is 16.0. The lowest BCUT2D eigenvalue weighted by Gasteiger charge is -2.47. The van der Waals surface area contributed by atoms with Crippen molar-refractivity contribution in [2.24, 2.45) is 5.92 Å². The van der Waals surface area contributed by atoms with Gasteiger partial charge in [-0.3, -0.25) is 29.4 Å². The van der Waals surface area contributed by atoms with Gasteiger partial charge in [-0.15, -0.1) is 0 Å². The standard InChI is InChI=1S/C31H39ClN6O4/c1-21(39)36-13-15-37(16-14-36)25-11-12-27-26(17-25)31(42)38(20-33-27)19-30(41)35-28(22-7-9-23(32)10-8-22)18-29(40)34-24-5-3-2-4-6-24/h2-10,25-28,33H,11-20H2,1H3,(H,34,40)(H,35,41). The van der Waals surface area contributed by atoms with Crippen LogP contribution < -0.4 is 16.0 Å². The Morgan fingerprint density at radius 1 is 0.976 bits per heavy atom.